The molecule has 2 unspecified atom stereocenters. The largest absolute Gasteiger partial charge is 0.469 e. The number of hydrogen-bond donors (Lipinski definition) is 1. The van der Waals surface area contributed by atoms with E-state index in [9.17, 15) is 18.0 Å². The molecule has 21 heavy (non-hydrogen) atoms. The van der Waals surface area contributed by atoms with E-state index in [1.807, 2.05) is 0 Å². The smallest absolute Gasteiger partial charge is 0.416 e. The number of alkyl halides is 3. The fourth-order valence-corrected chi connectivity index (χ4v) is 2.51. The number of rotatable bonds is 2. The highest BCUT2D eigenvalue weighted by Gasteiger charge is 2.33. The molecular formula is C14H17ClF3NO2. The zero-order chi connectivity index (χ0) is 14.8. The Morgan fingerprint density at radius 2 is 2.05 bits per heavy atom. The fourth-order valence-electron chi connectivity index (χ4n) is 2.51. The van der Waals surface area contributed by atoms with Crippen molar-refractivity contribution in [3.8, 4) is 0 Å². The van der Waals surface area contributed by atoms with E-state index in [0.717, 1.165) is 12.1 Å². The SMILES string of the molecule is COC(=O)C1CNCC(c2cccc(C(F)(F)F)c2)C1.Cl. The van der Waals surface area contributed by atoms with Crippen molar-refractivity contribution in [1.82, 2.24) is 5.32 Å². The zero-order valence-corrected chi connectivity index (χ0v) is 12.3. The van der Waals surface area contributed by atoms with E-state index >= 15 is 0 Å². The molecule has 1 aliphatic heterocycles. The maximum atomic E-state index is 12.7. The molecule has 1 aromatic rings. The van der Waals surface area contributed by atoms with Crippen molar-refractivity contribution in [2.45, 2.75) is 18.5 Å². The molecule has 3 nitrogen and oxygen atoms in total. The molecular weight excluding hydrogens is 307 g/mol. The molecule has 0 spiro atoms. The Hall–Kier alpha value is -1.27. The van der Waals surface area contributed by atoms with E-state index in [1.54, 1.807) is 6.07 Å². The molecule has 7 heteroatoms. The molecule has 0 bridgehead atoms. The lowest BCUT2D eigenvalue weighted by Crippen LogP contribution is -2.39. The summed E-state index contributed by atoms with van der Waals surface area (Å²) in [5, 5.41) is 3.07. The van der Waals surface area contributed by atoms with Gasteiger partial charge < -0.3 is 10.1 Å². The first-order valence-corrected chi connectivity index (χ1v) is 6.37. The summed E-state index contributed by atoms with van der Waals surface area (Å²) in [7, 11) is 1.32. The molecule has 2 rings (SSSR count). The van der Waals surface area contributed by atoms with Crippen LogP contribution in [-0.2, 0) is 15.7 Å². The predicted octanol–water partition coefficient (Wildman–Crippen LogP) is 2.99. The van der Waals surface area contributed by atoms with Crippen LogP contribution in [0.4, 0.5) is 13.2 Å². The predicted molar refractivity (Wildman–Crippen MR) is 74.4 cm³/mol. The van der Waals surface area contributed by atoms with Gasteiger partial charge in [-0.05, 0) is 24.0 Å². The lowest BCUT2D eigenvalue weighted by molar-refractivity contribution is -0.146. The van der Waals surface area contributed by atoms with Gasteiger partial charge in [0.2, 0.25) is 0 Å². The van der Waals surface area contributed by atoms with Crippen molar-refractivity contribution in [2.24, 2.45) is 5.92 Å². The van der Waals surface area contributed by atoms with Gasteiger partial charge in [0, 0.05) is 13.1 Å². The number of carbonyl (C=O) groups is 1. The first-order valence-electron chi connectivity index (χ1n) is 6.37. The Labute approximate surface area is 127 Å². The monoisotopic (exact) mass is 323 g/mol. The average Bonchev–Trinajstić information content (AvgIpc) is 2.46. The maximum absolute atomic E-state index is 12.7. The molecule has 1 fully saturated rings. The van der Waals surface area contributed by atoms with Crippen LogP contribution in [-0.4, -0.2) is 26.2 Å². The highest BCUT2D eigenvalue weighted by molar-refractivity contribution is 5.85. The van der Waals surface area contributed by atoms with Gasteiger partial charge in [0.25, 0.3) is 0 Å². The second-order valence-corrected chi connectivity index (χ2v) is 4.93. The minimum absolute atomic E-state index is 0. The number of benzene rings is 1. The van der Waals surface area contributed by atoms with Crippen LogP contribution in [0.15, 0.2) is 24.3 Å². The van der Waals surface area contributed by atoms with Crippen LogP contribution in [0.25, 0.3) is 0 Å². The van der Waals surface area contributed by atoms with Crippen molar-refractivity contribution in [3.63, 3.8) is 0 Å². The van der Waals surface area contributed by atoms with E-state index in [-0.39, 0.29) is 30.2 Å². The van der Waals surface area contributed by atoms with Crippen LogP contribution in [0.1, 0.15) is 23.5 Å². The number of hydrogen-bond acceptors (Lipinski definition) is 3. The van der Waals surface area contributed by atoms with E-state index in [1.165, 1.54) is 13.2 Å². The van der Waals surface area contributed by atoms with Crippen LogP contribution in [0.5, 0.6) is 0 Å². The topological polar surface area (TPSA) is 38.3 Å². The Kier molecular flexibility index (Phi) is 6.04. The number of carbonyl (C=O) groups excluding carboxylic acids is 1. The Morgan fingerprint density at radius 1 is 1.33 bits per heavy atom. The summed E-state index contributed by atoms with van der Waals surface area (Å²) in [4.78, 5) is 11.5. The molecule has 1 N–H and O–H groups in total. The summed E-state index contributed by atoms with van der Waals surface area (Å²) in [5.74, 6) is -0.752. The van der Waals surface area contributed by atoms with Gasteiger partial charge in [-0.1, -0.05) is 18.2 Å². The third-order valence-electron chi connectivity index (χ3n) is 3.57. The van der Waals surface area contributed by atoms with E-state index < -0.39 is 11.7 Å². The molecule has 2 atom stereocenters. The lowest BCUT2D eigenvalue weighted by atomic mass is 9.85. The van der Waals surface area contributed by atoms with Gasteiger partial charge in [-0.25, -0.2) is 0 Å². The van der Waals surface area contributed by atoms with Gasteiger partial charge >= 0.3 is 12.1 Å². The Morgan fingerprint density at radius 3 is 2.67 bits per heavy atom. The first kappa shape index (κ1) is 17.8. The molecule has 0 saturated carbocycles. The van der Waals surface area contributed by atoms with E-state index in [2.05, 4.69) is 5.32 Å². The molecule has 0 radical (unpaired) electrons. The average molecular weight is 324 g/mol. The number of ether oxygens (including phenoxy) is 1. The van der Waals surface area contributed by atoms with Crippen molar-refractivity contribution < 1.29 is 22.7 Å². The molecule has 0 aromatic heterocycles. The van der Waals surface area contributed by atoms with Gasteiger partial charge in [0.05, 0.1) is 18.6 Å². The lowest BCUT2D eigenvalue weighted by Gasteiger charge is -2.29. The molecule has 0 amide bonds. The third kappa shape index (κ3) is 4.35. The molecule has 0 aliphatic carbocycles. The quantitative estimate of drug-likeness (QED) is 0.850. The standard InChI is InChI=1S/C14H16F3NO2.ClH/c1-20-13(19)11-5-10(7-18-8-11)9-3-2-4-12(6-9)14(15,16)17;/h2-4,6,10-11,18H,5,7-8H2,1H3;1H. The minimum Gasteiger partial charge on any atom is -0.469 e. The number of piperidine rings is 1. The molecule has 1 heterocycles. The second-order valence-electron chi connectivity index (χ2n) is 4.93. The maximum Gasteiger partial charge on any atom is 0.416 e. The van der Waals surface area contributed by atoms with Crippen LogP contribution in [0.3, 0.4) is 0 Å². The van der Waals surface area contributed by atoms with Crippen LogP contribution in [0, 0.1) is 5.92 Å². The third-order valence-corrected chi connectivity index (χ3v) is 3.57. The fraction of sp³-hybridized carbons (Fsp3) is 0.500. The Balaban J connectivity index is 0.00000220. The first-order chi connectivity index (χ1) is 9.41. The number of nitrogens with one attached hydrogen (secondary N) is 1. The van der Waals surface area contributed by atoms with Gasteiger partial charge in [-0.15, -0.1) is 12.4 Å². The summed E-state index contributed by atoms with van der Waals surface area (Å²) in [6.07, 6.45) is -3.85. The van der Waals surface area contributed by atoms with Gasteiger partial charge in [-0.3, -0.25) is 4.79 Å². The van der Waals surface area contributed by atoms with Crippen LogP contribution < -0.4 is 5.32 Å². The zero-order valence-electron chi connectivity index (χ0n) is 11.4. The van der Waals surface area contributed by atoms with Gasteiger partial charge in [-0.2, -0.15) is 13.2 Å². The molecule has 118 valence electrons. The number of halogens is 4. The van der Waals surface area contributed by atoms with Crippen molar-refractivity contribution in [1.29, 1.82) is 0 Å². The van der Waals surface area contributed by atoms with Crippen LogP contribution in [0.2, 0.25) is 0 Å². The summed E-state index contributed by atoms with van der Waals surface area (Å²) < 4.78 is 42.8. The van der Waals surface area contributed by atoms with E-state index in [0.29, 0.717) is 25.1 Å². The van der Waals surface area contributed by atoms with Crippen LogP contribution >= 0.6 is 12.4 Å². The van der Waals surface area contributed by atoms with Crippen molar-refractivity contribution in [2.75, 3.05) is 20.2 Å². The van der Waals surface area contributed by atoms with Crippen molar-refractivity contribution in [3.05, 3.63) is 35.4 Å². The highest BCUT2D eigenvalue weighted by atomic mass is 35.5. The number of methoxy groups -OCH3 is 1. The summed E-state index contributed by atoms with van der Waals surface area (Å²) in [6, 6.07) is 5.28. The molecule has 1 aliphatic rings. The summed E-state index contributed by atoms with van der Waals surface area (Å²) in [5.41, 5.74) is -0.0591. The summed E-state index contributed by atoms with van der Waals surface area (Å²) >= 11 is 0. The number of esters is 1. The Bertz CT molecular complexity index is 493. The van der Waals surface area contributed by atoms with E-state index in [4.69, 9.17) is 4.74 Å². The molecule has 1 aromatic carbocycles. The van der Waals surface area contributed by atoms with Crippen molar-refractivity contribution >= 4 is 18.4 Å². The second kappa shape index (κ2) is 7.13. The highest BCUT2D eigenvalue weighted by Crippen LogP contribution is 2.33. The molecule has 1 saturated heterocycles. The minimum atomic E-state index is -4.35. The normalized spacial score (nSPS) is 22.3. The van der Waals surface area contributed by atoms with Gasteiger partial charge in [0.1, 0.15) is 0 Å². The van der Waals surface area contributed by atoms with Gasteiger partial charge in [0.15, 0.2) is 0 Å². The summed E-state index contributed by atoms with van der Waals surface area (Å²) in [6.45, 7) is 1.07.